The zero-order valence-corrected chi connectivity index (χ0v) is 13.5. The van der Waals surface area contributed by atoms with Gasteiger partial charge in [0.15, 0.2) is 6.10 Å². The number of aryl methyl sites for hydroxylation is 1. The Labute approximate surface area is 122 Å². The van der Waals surface area contributed by atoms with Gasteiger partial charge in [-0.05, 0) is 50.3 Å². The lowest BCUT2D eigenvalue weighted by atomic mass is 10.1. The second kappa shape index (κ2) is 7.32. The van der Waals surface area contributed by atoms with Crippen LogP contribution in [0.15, 0.2) is 18.2 Å². The van der Waals surface area contributed by atoms with Crippen LogP contribution in [0.25, 0.3) is 0 Å². The number of hydrogen-bond acceptors (Lipinski definition) is 2. The third-order valence-electron chi connectivity index (χ3n) is 3.86. The van der Waals surface area contributed by atoms with E-state index in [1.807, 2.05) is 45.9 Å². The summed E-state index contributed by atoms with van der Waals surface area (Å²) in [5.41, 5.74) is 2.27. The highest BCUT2D eigenvalue weighted by molar-refractivity contribution is 5.81. The van der Waals surface area contributed by atoms with Crippen molar-refractivity contribution in [1.82, 2.24) is 5.32 Å². The van der Waals surface area contributed by atoms with Gasteiger partial charge in [-0.1, -0.05) is 32.9 Å². The van der Waals surface area contributed by atoms with Gasteiger partial charge in [-0.2, -0.15) is 0 Å². The first-order chi connectivity index (χ1) is 9.36. The first-order valence-corrected chi connectivity index (χ1v) is 7.40. The third-order valence-corrected chi connectivity index (χ3v) is 3.86. The molecule has 0 radical (unpaired) electrons. The van der Waals surface area contributed by atoms with Gasteiger partial charge in [-0.25, -0.2) is 0 Å². The van der Waals surface area contributed by atoms with E-state index in [2.05, 4.69) is 19.2 Å². The Bertz CT molecular complexity index is 454. The van der Waals surface area contributed by atoms with Crippen LogP contribution in [0, 0.1) is 19.8 Å². The molecule has 1 N–H and O–H groups in total. The van der Waals surface area contributed by atoms with Gasteiger partial charge in [0, 0.05) is 6.04 Å². The number of hydrogen-bond donors (Lipinski definition) is 1. The van der Waals surface area contributed by atoms with Crippen molar-refractivity contribution in [2.24, 2.45) is 5.92 Å². The van der Waals surface area contributed by atoms with E-state index in [0.29, 0.717) is 12.3 Å². The molecule has 0 aliphatic rings. The molecule has 0 saturated carbocycles. The monoisotopic (exact) mass is 277 g/mol. The standard InChI is InChI=1S/C17H27NO2/c1-7-15(17(19)18-14(6)11(2)3)20-16-10-8-9-12(4)13(16)5/h8-11,14-15H,7H2,1-6H3,(H,18,19)/t14-,15+/m1/s1. The minimum absolute atomic E-state index is 0.0328. The number of benzene rings is 1. The molecule has 1 rings (SSSR count). The van der Waals surface area contributed by atoms with Gasteiger partial charge in [0.2, 0.25) is 0 Å². The molecule has 0 heterocycles. The maximum atomic E-state index is 12.3. The van der Waals surface area contributed by atoms with Gasteiger partial charge >= 0.3 is 0 Å². The molecule has 1 aromatic carbocycles. The van der Waals surface area contributed by atoms with E-state index >= 15 is 0 Å². The Morgan fingerprint density at radius 1 is 1.25 bits per heavy atom. The molecule has 1 amide bonds. The summed E-state index contributed by atoms with van der Waals surface area (Å²) in [4.78, 5) is 12.3. The van der Waals surface area contributed by atoms with E-state index in [1.54, 1.807) is 0 Å². The number of carbonyl (C=O) groups excluding carboxylic acids is 1. The minimum Gasteiger partial charge on any atom is -0.480 e. The topological polar surface area (TPSA) is 38.3 Å². The predicted octanol–water partition coefficient (Wildman–Crippen LogP) is 3.62. The fourth-order valence-corrected chi connectivity index (χ4v) is 1.81. The van der Waals surface area contributed by atoms with E-state index in [0.717, 1.165) is 11.3 Å². The Kier molecular flexibility index (Phi) is 6.05. The van der Waals surface area contributed by atoms with Crippen LogP contribution in [0.2, 0.25) is 0 Å². The van der Waals surface area contributed by atoms with Crippen LogP contribution in [-0.4, -0.2) is 18.1 Å². The summed E-state index contributed by atoms with van der Waals surface area (Å²) < 4.78 is 5.91. The predicted molar refractivity (Wildman–Crippen MR) is 83.1 cm³/mol. The summed E-state index contributed by atoms with van der Waals surface area (Å²) in [6, 6.07) is 6.08. The minimum atomic E-state index is -0.434. The summed E-state index contributed by atoms with van der Waals surface area (Å²) in [5.74, 6) is 1.18. The number of ether oxygens (including phenoxy) is 1. The molecule has 0 aromatic heterocycles. The molecule has 0 spiro atoms. The molecule has 0 aliphatic carbocycles. The number of rotatable bonds is 6. The van der Waals surface area contributed by atoms with E-state index in [-0.39, 0.29) is 11.9 Å². The average Bonchev–Trinajstić information content (AvgIpc) is 2.40. The first kappa shape index (κ1) is 16.5. The van der Waals surface area contributed by atoms with E-state index < -0.39 is 6.10 Å². The second-order valence-electron chi connectivity index (χ2n) is 5.75. The van der Waals surface area contributed by atoms with Crippen LogP contribution in [-0.2, 0) is 4.79 Å². The van der Waals surface area contributed by atoms with Crippen LogP contribution in [0.3, 0.4) is 0 Å². The molecule has 112 valence electrons. The van der Waals surface area contributed by atoms with Gasteiger partial charge in [0.1, 0.15) is 5.75 Å². The molecule has 1 aromatic rings. The van der Waals surface area contributed by atoms with Crippen LogP contribution < -0.4 is 10.1 Å². The van der Waals surface area contributed by atoms with E-state index in [1.165, 1.54) is 5.56 Å². The zero-order chi connectivity index (χ0) is 15.3. The van der Waals surface area contributed by atoms with Gasteiger partial charge < -0.3 is 10.1 Å². The lowest BCUT2D eigenvalue weighted by molar-refractivity contribution is -0.129. The van der Waals surface area contributed by atoms with E-state index in [4.69, 9.17) is 4.74 Å². The lowest BCUT2D eigenvalue weighted by Gasteiger charge is -2.23. The first-order valence-electron chi connectivity index (χ1n) is 7.40. The summed E-state index contributed by atoms with van der Waals surface area (Å²) in [7, 11) is 0. The van der Waals surface area contributed by atoms with Gasteiger partial charge in [0.25, 0.3) is 5.91 Å². The molecule has 0 saturated heterocycles. The summed E-state index contributed by atoms with van der Waals surface area (Å²) in [6.07, 6.45) is 0.223. The normalized spacial score (nSPS) is 13.9. The quantitative estimate of drug-likeness (QED) is 0.862. The van der Waals surface area contributed by atoms with Gasteiger partial charge in [-0.3, -0.25) is 4.79 Å². The van der Waals surface area contributed by atoms with Crippen LogP contribution in [0.4, 0.5) is 0 Å². The van der Waals surface area contributed by atoms with E-state index in [9.17, 15) is 4.79 Å². The lowest BCUT2D eigenvalue weighted by Crippen LogP contribution is -2.44. The maximum absolute atomic E-state index is 12.3. The van der Waals surface area contributed by atoms with Crippen molar-refractivity contribution in [3.63, 3.8) is 0 Å². The number of carbonyl (C=O) groups is 1. The number of amides is 1. The fourth-order valence-electron chi connectivity index (χ4n) is 1.81. The average molecular weight is 277 g/mol. The smallest absolute Gasteiger partial charge is 0.261 e. The van der Waals surface area contributed by atoms with Crippen LogP contribution in [0.5, 0.6) is 5.75 Å². The molecule has 0 bridgehead atoms. The van der Waals surface area contributed by atoms with Gasteiger partial charge in [0.05, 0.1) is 0 Å². The summed E-state index contributed by atoms with van der Waals surface area (Å²) in [6.45, 7) is 12.2. The Balaban J connectivity index is 2.76. The molecule has 3 nitrogen and oxygen atoms in total. The summed E-state index contributed by atoms with van der Waals surface area (Å²) >= 11 is 0. The highest BCUT2D eigenvalue weighted by Gasteiger charge is 2.21. The van der Waals surface area contributed by atoms with Gasteiger partial charge in [-0.15, -0.1) is 0 Å². The molecule has 20 heavy (non-hydrogen) atoms. The Hall–Kier alpha value is -1.51. The summed E-state index contributed by atoms with van der Waals surface area (Å²) in [5, 5.41) is 3.02. The molecular formula is C17H27NO2. The Morgan fingerprint density at radius 2 is 1.90 bits per heavy atom. The Morgan fingerprint density at radius 3 is 2.45 bits per heavy atom. The third kappa shape index (κ3) is 4.26. The largest absolute Gasteiger partial charge is 0.480 e. The van der Waals surface area contributed by atoms with Crippen molar-refractivity contribution in [3.8, 4) is 5.75 Å². The van der Waals surface area contributed by atoms with Crippen molar-refractivity contribution in [2.45, 2.75) is 60.1 Å². The van der Waals surface area contributed by atoms with Crippen molar-refractivity contribution >= 4 is 5.91 Å². The van der Waals surface area contributed by atoms with Crippen LogP contribution >= 0.6 is 0 Å². The molecule has 3 heteroatoms. The van der Waals surface area contributed by atoms with Crippen molar-refractivity contribution in [3.05, 3.63) is 29.3 Å². The number of nitrogens with one attached hydrogen (secondary N) is 1. The SMILES string of the molecule is CC[C@H](Oc1cccc(C)c1C)C(=O)N[C@H](C)C(C)C. The zero-order valence-electron chi connectivity index (χ0n) is 13.5. The molecular weight excluding hydrogens is 250 g/mol. The van der Waals surface area contributed by atoms with Crippen molar-refractivity contribution in [2.75, 3.05) is 0 Å². The highest BCUT2D eigenvalue weighted by atomic mass is 16.5. The highest BCUT2D eigenvalue weighted by Crippen LogP contribution is 2.22. The molecule has 0 fully saturated rings. The van der Waals surface area contributed by atoms with Crippen molar-refractivity contribution in [1.29, 1.82) is 0 Å². The fraction of sp³-hybridized carbons (Fsp3) is 0.588. The maximum Gasteiger partial charge on any atom is 0.261 e. The molecule has 0 aliphatic heterocycles. The molecule has 2 atom stereocenters. The van der Waals surface area contributed by atoms with Crippen molar-refractivity contribution < 1.29 is 9.53 Å². The van der Waals surface area contributed by atoms with Crippen LogP contribution in [0.1, 0.15) is 45.2 Å². The second-order valence-corrected chi connectivity index (χ2v) is 5.75. The molecule has 0 unspecified atom stereocenters.